The fourth-order valence-electron chi connectivity index (χ4n) is 2.85. The van der Waals surface area contributed by atoms with Crippen molar-refractivity contribution in [2.45, 2.75) is 20.4 Å². The van der Waals surface area contributed by atoms with Crippen LogP contribution >= 0.6 is 11.3 Å². The highest BCUT2D eigenvalue weighted by Gasteiger charge is 2.13. The van der Waals surface area contributed by atoms with E-state index in [2.05, 4.69) is 44.9 Å². The van der Waals surface area contributed by atoms with Crippen LogP contribution in [-0.2, 0) is 6.54 Å². The van der Waals surface area contributed by atoms with Gasteiger partial charge in [0.05, 0.1) is 17.9 Å². The summed E-state index contributed by atoms with van der Waals surface area (Å²) in [5.41, 5.74) is 4.53. The molecule has 0 aliphatic heterocycles. The van der Waals surface area contributed by atoms with E-state index in [1.807, 2.05) is 25.1 Å². The number of aromatic nitrogens is 5. The number of carbonyl (C=O) groups excluding carboxylic acids is 1. The Hall–Kier alpha value is -3.39. The normalized spacial score (nSPS) is 10.8. The predicted octanol–water partition coefficient (Wildman–Crippen LogP) is 3.33. The third kappa shape index (κ3) is 3.67. The van der Waals surface area contributed by atoms with Crippen molar-refractivity contribution in [2.24, 2.45) is 0 Å². The second kappa shape index (κ2) is 7.69. The first-order valence-corrected chi connectivity index (χ1v) is 9.57. The van der Waals surface area contributed by atoms with Gasteiger partial charge in [0.1, 0.15) is 11.3 Å². The lowest BCUT2D eigenvalue weighted by atomic mass is 10.1. The van der Waals surface area contributed by atoms with E-state index in [0.29, 0.717) is 12.1 Å². The highest BCUT2D eigenvalue weighted by Crippen LogP contribution is 2.30. The minimum atomic E-state index is -0.153. The van der Waals surface area contributed by atoms with Crippen LogP contribution in [0.4, 0.5) is 0 Å². The molecule has 0 atom stereocenters. The Morgan fingerprint density at radius 3 is 2.79 bits per heavy atom. The van der Waals surface area contributed by atoms with Crippen LogP contribution in [-0.4, -0.2) is 31.1 Å². The van der Waals surface area contributed by atoms with Crippen molar-refractivity contribution >= 4 is 17.2 Å². The highest BCUT2D eigenvalue weighted by molar-refractivity contribution is 7.15. The van der Waals surface area contributed by atoms with E-state index in [1.54, 1.807) is 29.5 Å². The lowest BCUT2D eigenvalue weighted by Crippen LogP contribution is -2.22. The maximum absolute atomic E-state index is 12.6. The van der Waals surface area contributed by atoms with Gasteiger partial charge in [0.15, 0.2) is 0 Å². The molecule has 0 bridgehead atoms. The summed E-state index contributed by atoms with van der Waals surface area (Å²) in [6, 6.07) is 15.3. The summed E-state index contributed by atoms with van der Waals surface area (Å²) in [5, 5.41) is 15.0. The van der Waals surface area contributed by atoms with Crippen LogP contribution in [0.5, 0.6) is 0 Å². The second-order valence-corrected chi connectivity index (χ2v) is 7.41. The van der Waals surface area contributed by atoms with Crippen LogP contribution in [0.25, 0.3) is 16.3 Å². The van der Waals surface area contributed by atoms with Gasteiger partial charge < -0.3 is 5.32 Å². The Bertz CT molecular complexity index is 1120. The van der Waals surface area contributed by atoms with Crippen molar-refractivity contribution in [3.63, 3.8) is 0 Å². The summed E-state index contributed by atoms with van der Waals surface area (Å²) in [5.74, 6) is -0.153. The van der Waals surface area contributed by atoms with Gasteiger partial charge in [-0.15, -0.1) is 16.4 Å². The number of rotatable bonds is 5. The molecule has 7 nitrogen and oxygen atoms in total. The molecule has 4 rings (SSSR count). The van der Waals surface area contributed by atoms with Gasteiger partial charge >= 0.3 is 0 Å². The number of benzene rings is 2. The van der Waals surface area contributed by atoms with Crippen LogP contribution in [0, 0.1) is 13.8 Å². The summed E-state index contributed by atoms with van der Waals surface area (Å²) in [6.07, 6.45) is 1.49. The van der Waals surface area contributed by atoms with E-state index in [-0.39, 0.29) is 5.91 Å². The Kier molecular flexibility index (Phi) is 4.94. The molecular formula is C20H18N6OS. The monoisotopic (exact) mass is 390 g/mol. The quantitative estimate of drug-likeness (QED) is 0.565. The Balaban J connectivity index is 1.49. The fraction of sp³-hybridized carbons (Fsp3) is 0.150. The molecule has 2 aromatic carbocycles. The minimum absolute atomic E-state index is 0.153. The summed E-state index contributed by atoms with van der Waals surface area (Å²) < 4.78 is 1.51. The van der Waals surface area contributed by atoms with Gasteiger partial charge in [0, 0.05) is 16.0 Å². The molecule has 140 valence electrons. The van der Waals surface area contributed by atoms with Gasteiger partial charge in [0.2, 0.25) is 0 Å². The Labute approximate surface area is 166 Å². The van der Waals surface area contributed by atoms with E-state index in [1.165, 1.54) is 16.6 Å². The number of carbonyl (C=O) groups is 1. The van der Waals surface area contributed by atoms with Crippen molar-refractivity contribution in [1.82, 2.24) is 30.5 Å². The van der Waals surface area contributed by atoms with Crippen molar-refractivity contribution in [3.05, 3.63) is 76.6 Å². The number of nitrogens with one attached hydrogen (secondary N) is 1. The standard InChI is InChI=1S/C20H18N6OS/c1-13-6-3-4-9-17(13)20-23-14(2)18(28-20)11-21-19(27)15-7-5-8-16(10-15)26-12-22-24-25-26/h3-10,12H,11H2,1-2H3,(H,21,27). The van der Waals surface area contributed by atoms with E-state index in [4.69, 9.17) is 0 Å². The Morgan fingerprint density at radius 2 is 2.00 bits per heavy atom. The topological polar surface area (TPSA) is 85.6 Å². The number of thiazole rings is 1. The molecule has 28 heavy (non-hydrogen) atoms. The van der Waals surface area contributed by atoms with Gasteiger partial charge in [-0.25, -0.2) is 9.67 Å². The van der Waals surface area contributed by atoms with Gasteiger partial charge in [-0.2, -0.15) is 0 Å². The van der Waals surface area contributed by atoms with Crippen LogP contribution in [0.3, 0.4) is 0 Å². The van der Waals surface area contributed by atoms with Gasteiger partial charge in [0.25, 0.3) is 5.91 Å². The van der Waals surface area contributed by atoms with Crippen molar-refractivity contribution in [1.29, 1.82) is 0 Å². The summed E-state index contributed by atoms with van der Waals surface area (Å²) in [4.78, 5) is 18.3. The molecule has 2 aromatic heterocycles. The van der Waals surface area contributed by atoms with Gasteiger partial charge in [-0.1, -0.05) is 30.3 Å². The lowest BCUT2D eigenvalue weighted by Gasteiger charge is -2.06. The number of nitrogens with zero attached hydrogens (tertiary/aromatic N) is 5. The molecule has 0 aliphatic rings. The minimum Gasteiger partial charge on any atom is -0.347 e. The highest BCUT2D eigenvalue weighted by atomic mass is 32.1. The zero-order valence-electron chi connectivity index (χ0n) is 15.5. The van der Waals surface area contributed by atoms with Crippen molar-refractivity contribution in [3.8, 4) is 16.3 Å². The smallest absolute Gasteiger partial charge is 0.251 e. The summed E-state index contributed by atoms with van der Waals surface area (Å²) in [7, 11) is 0. The number of aryl methyl sites for hydroxylation is 2. The largest absolute Gasteiger partial charge is 0.347 e. The number of hydrogen-bond donors (Lipinski definition) is 1. The van der Waals surface area contributed by atoms with Gasteiger partial charge in [-0.3, -0.25) is 4.79 Å². The molecular weight excluding hydrogens is 372 g/mol. The molecule has 0 saturated carbocycles. The second-order valence-electron chi connectivity index (χ2n) is 6.33. The third-order valence-corrected chi connectivity index (χ3v) is 5.59. The maximum Gasteiger partial charge on any atom is 0.251 e. The van der Waals surface area contributed by atoms with E-state index >= 15 is 0 Å². The van der Waals surface area contributed by atoms with E-state index in [0.717, 1.165) is 26.8 Å². The number of amides is 1. The number of hydrogen-bond acceptors (Lipinski definition) is 6. The van der Waals surface area contributed by atoms with Crippen molar-refractivity contribution < 1.29 is 4.79 Å². The van der Waals surface area contributed by atoms with E-state index < -0.39 is 0 Å². The zero-order valence-corrected chi connectivity index (χ0v) is 16.3. The average Bonchev–Trinajstić information content (AvgIpc) is 3.37. The molecule has 2 heterocycles. The Morgan fingerprint density at radius 1 is 1.14 bits per heavy atom. The molecule has 0 saturated heterocycles. The first-order valence-electron chi connectivity index (χ1n) is 8.76. The van der Waals surface area contributed by atoms with Gasteiger partial charge in [-0.05, 0) is 48.0 Å². The fourth-order valence-corrected chi connectivity index (χ4v) is 3.94. The SMILES string of the molecule is Cc1ccccc1-c1nc(C)c(CNC(=O)c2cccc(-n3cnnn3)c2)s1. The first kappa shape index (κ1) is 18.0. The van der Waals surface area contributed by atoms with Crippen LogP contribution in [0.1, 0.15) is 26.5 Å². The summed E-state index contributed by atoms with van der Waals surface area (Å²) >= 11 is 1.61. The summed E-state index contributed by atoms with van der Waals surface area (Å²) in [6.45, 7) is 4.48. The predicted molar refractivity (Wildman–Crippen MR) is 107 cm³/mol. The molecule has 4 aromatic rings. The van der Waals surface area contributed by atoms with Crippen LogP contribution in [0.2, 0.25) is 0 Å². The average molecular weight is 390 g/mol. The third-order valence-electron chi connectivity index (χ3n) is 4.40. The van der Waals surface area contributed by atoms with Crippen molar-refractivity contribution in [2.75, 3.05) is 0 Å². The maximum atomic E-state index is 12.6. The molecule has 0 unspecified atom stereocenters. The van der Waals surface area contributed by atoms with Crippen LogP contribution in [0.15, 0.2) is 54.9 Å². The molecule has 0 aliphatic carbocycles. The molecule has 0 spiro atoms. The zero-order chi connectivity index (χ0) is 19.5. The number of tetrazole rings is 1. The lowest BCUT2D eigenvalue weighted by molar-refractivity contribution is 0.0951. The molecule has 1 amide bonds. The van der Waals surface area contributed by atoms with Crippen LogP contribution < -0.4 is 5.32 Å². The molecule has 1 N–H and O–H groups in total. The first-order chi connectivity index (χ1) is 13.6. The van der Waals surface area contributed by atoms with E-state index in [9.17, 15) is 4.79 Å². The molecule has 0 fully saturated rings. The molecule has 8 heteroatoms. The molecule has 0 radical (unpaired) electrons.